The molecule has 1 unspecified atom stereocenters. The van der Waals surface area contributed by atoms with Crippen LogP contribution in [0, 0.1) is 0 Å². The van der Waals surface area contributed by atoms with Crippen LogP contribution in [0.3, 0.4) is 0 Å². The summed E-state index contributed by atoms with van der Waals surface area (Å²) in [5.74, 6) is -0.0732. The number of carbonyl (C=O) groups is 2. The zero-order valence-electron chi connectivity index (χ0n) is 20.6. The van der Waals surface area contributed by atoms with Crippen molar-refractivity contribution in [2.75, 3.05) is 6.61 Å². The van der Waals surface area contributed by atoms with Gasteiger partial charge in [-0.05, 0) is 62.2 Å². The lowest BCUT2D eigenvalue weighted by Crippen LogP contribution is -2.33. The van der Waals surface area contributed by atoms with Crippen LogP contribution in [0.1, 0.15) is 58.8 Å². The summed E-state index contributed by atoms with van der Waals surface area (Å²) in [5.41, 5.74) is 2.73. The first-order valence-electron chi connectivity index (χ1n) is 12.0. The molecule has 0 bridgehead atoms. The van der Waals surface area contributed by atoms with Crippen molar-refractivity contribution in [1.82, 2.24) is 10.3 Å². The number of esters is 1. The van der Waals surface area contributed by atoms with Gasteiger partial charge in [-0.1, -0.05) is 42.5 Å². The highest BCUT2D eigenvalue weighted by atomic mass is 16.5. The molecule has 3 N–H and O–H groups in total. The molecule has 4 rings (SSSR count). The number of Topliss-reactive ketones (excluding diaryl/α,β-unsaturated/α-hetero) is 1. The van der Waals surface area contributed by atoms with E-state index in [0.717, 1.165) is 11.1 Å². The van der Waals surface area contributed by atoms with Crippen molar-refractivity contribution < 1.29 is 24.2 Å². The van der Waals surface area contributed by atoms with Crippen LogP contribution in [0.5, 0.6) is 11.5 Å². The van der Waals surface area contributed by atoms with E-state index in [-0.39, 0.29) is 29.9 Å². The van der Waals surface area contributed by atoms with Crippen LogP contribution in [-0.2, 0) is 11.3 Å². The Labute approximate surface area is 210 Å². The molecule has 0 saturated heterocycles. The third kappa shape index (κ3) is 5.58. The highest BCUT2D eigenvalue weighted by Crippen LogP contribution is 2.32. The minimum absolute atomic E-state index is 0.0295. The van der Waals surface area contributed by atoms with E-state index in [1.165, 1.54) is 6.07 Å². The van der Waals surface area contributed by atoms with Crippen LogP contribution >= 0.6 is 0 Å². The minimum Gasteiger partial charge on any atom is -0.506 e. The normalized spacial score (nSPS) is 12.0. The highest BCUT2D eigenvalue weighted by Gasteiger charge is 2.26. The predicted molar refractivity (Wildman–Crippen MR) is 138 cm³/mol. The van der Waals surface area contributed by atoms with E-state index < -0.39 is 12.0 Å². The maximum Gasteiger partial charge on any atom is 0.354 e. The fraction of sp³-hybridized carbons (Fsp3) is 0.241. The summed E-state index contributed by atoms with van der Waals surface area (Å²) in [6.45, 7) is 6.33. The Kier molecular flexibility index (Phi) is 7.71. The van der Waals surface area contributed by atoms with E-state index in [1.54, 1.807) is 19.1 Å². The number of fused-ring (bicyclic) bond motifs is 1. The Morgan fingerprint density at radius 1 is 1.00 bits per heavy atom. The number of ketones is 1. The Morgan fingerprint density at radius 3 is 2.39 bits per heavy atom. The van der Waals surface area contributed by atoms with Gasteiger partial charge in [0.1, 0.15) is 23.8 Å². The zero-order chi connectivity index (χ0) is 25.7. The van der Waals surface area contributed by atoms with Crippen LogP contribution in [0.25, 0.3) is 10.9 Å². The van der Waals surface area contributed by atoms with Gasteiger partial charge < -0.3 is 24.9 Å². The lowest BCUT2D eigenvalue weighted by molar-refractivity contribution is 0.0520. The van der Waals surface area contributed by atoms with Gasteiger partial charge in [-0.3, -0.25) is 4.79 Å². The number of hydrogen-bond acceptors (Lipinski definition) is 6. The zero-order valence-corrected chi connectivity index (χ0v) is 20.6. The molecular weight excluding hydrogens is 456 g/mol. The number of aromatic amines is 1. The number of ether oxygens (including phenoxy) is 2. The Morgan fingerprint density at radius 2 is 1.72 bits per heavy atom. The van der Waals surface area contributed by atoms with Crippen LogP contribution in [0.2, 0.25) is 0 Å². The van der Waals surface area contributed by atoms with Gasteiger partial charge in [0, 0.05) is 17.0 Å². The summed E-state index contributed by atoms with van der Waals surface area (Å²) < 4.78 is 11.0. The number of phenolic OH excluding ortho intramolecular Hbond substituents is 1. The fourth-order valence-corrected chi connectivity index (χ4v) is 4.05. The average molecular weight is 487 g/mol. The summed E-state index contributed by atoms with van der Waals surface area (Å²) >= 11 is 0. The number of carbonyl (C=O) groups excluding carboxylic acids is 2. The van der Waals surface area contributed by atoms with Crippen molar-refractivity contribution in [3.63, 3.8) is 0 Å². The molecule has 0 saturated carbocycles. The van der Waals surface area contributed by atoms with E-state index in [9.17, 15) is 14.7 Å². The summed E-state index contributed by atoms with van der Waals surface area (Å²) in [5, 5.41) is 14.1. The van der Waals surface area contributed by atoms with Crippen LogP contribution in [0.15, 0.2) is 72.8 Å². The maximum absolute atomic E-state index is 13.8. The molecule has 0 radical (unpaired) electrons. The first-order chi connectivity index (χ1) is 17.4. The van der Waals surface area contributed by atoms with Crippen molar-refractivity contribution >= 4 is 22.7 Å². The molecule has 7 nitrogen and oxygen atoms in total. The van der Waals surface area contributed by atoms with E-state index in [4.69, 9.17) is 9.47 Å². The minimum atomic E-state index is -0.637. The van der Waals surface area contributed by atoms with E-state index in [0.29, 0.717) is 28.8 Å². The van der Waals surface area contributed by atoms with Crippen molar-refractivity contribution in [3.05, 3.63) is 95.2 Å². The number of nitrogens with one attached hydrogen (secondary N) is 2. The van der Waals surface area contributed by atoms with Gasteiger partial charge in [-0.25, -0.2) is 4.79 Å². The number of phenols is 1. The Hall–Kier alpha value is -4.10. The Bertz CT molecular complexity index is 1340. The van der Waals surface area contributed by atoms with Crippen LogP contribution in [-0.4, -0.2) is 34.5 Å². The summed E-state index contributed by atoms with van der Waals surface area (Å²) in [6, 6.07) is 21.3. The second kappa shape index (κ2) is 11.1. The largest absolute Gasteiger partial charge is 0.506 e. The van der Waals surface area contributed by atoms with E-state index >= 15 is 0 Å². The third-order valence-electron chi connectivity index (χ3n) is 5.76. The van der Waals surface area contributed by atoms with Crippen molar-refractivity contribution in [3.8, 4) is 11.5 Å². The van der Waals surface area contributed by atoms with Crippen molar-refractivity contribution in [2.45, 2.75) is 39.5 Å². The molecule has 0 spiro atoms. The number of hydrogen-bond donors (Lipinski definition) is 3. The van der Waals surface area contributed by atoms with Gasteiger partial charge >= 0.3 is 5.97 Å². The van der Waals surface area contributed by atoms with Gasteiger partial charge in [0.05, 0.1) is 18.2 Å². The molecule has 1 heterocycles. The second-order valence-electron chi connectivity index (χ2n) is 8.79. The van der Waals surface area contributed by atoms with Crippen LogP contribution in [0.4, 0.5) is 0 Å². The molecule has 3 aromatic carbocycles. The van der Waals surface area contributed by atoms with E-state index in [2.05, 4.69) is 10.3 Å². The standard InChI is InChI=1S/C29H30N2O5/c1-4-35-29(34)24-16-23-22(14-15-25(32)27(23)31-24)28(33)26(30-18(2)3)20-10-12-21(13-11-20)36-17-19-8-6-5-7-9-19/h5-16,18,26,30-32H,4,17H2,1-3H3. The van der Waals surface area contributed by atoms with Crippen molar-refractivity contribution in [1.29, 1.82) is 0 Å². The van der Waals surface area contributed by atoms with Gasteiger partial charge in [-0.15, -0.1) is 0 Å². The van der Waals surface area contributed by atoms with Crippen LogP contribution < -0.4 is 10.1 Å². The second-order valence-corrected chi connectivity index (χ2v) is 8.79. The number of benzene rings is 3. The van der Waals surface area contributed by atoms with Gasteiger partial charge in [-0.2, -0.15) is 0 Å². The SMILES string of the molecule is CCOC(=O)c1cc2c(C(=O)C(NC(C)C)c3ccc(OCc4ccccc4)cc3)ccc(O)c2[nH]1. The molecule has 0 amide bonds. The first kappa shape index (κ1) is 25.0. The summed E-state index contributed by atoms with van der Waals surface area (Å²) in [6.07, 6.45) is 0. The lowest BCUT2D eigenvalue weighted by atomic mass is 9.94. The lowest BCUT2D eigenvalue weighted by Gasteiger charge is -2.21. The summed E-state index contributed by atoms with van der Waals surface area (Å²) in [7, 11) is 0. The topological polar surface area (TPSA) is 101 Å². The van der Waals surface area contributed by atoms with Crippen molar-refractivity contribution in [2.24, 2.45) is 0 Å². The molecule has 4 aromatic rings. The predicted octanol–water partition coefficient (Wildman–Crippen LogP) is 5.55. The molecule has 36 heavy (non-hydrogen) atoms. The molecule has 0 aliphatic rings. The number of aromatic hydroxyl groups is 1. The monoisotopic (exact) mass is 486 g/mol. The fourth-order valence-electron chi connectivity index (χ4n) is 4.05. The quantitative estimate of drug-likeness (QED) is 0.201. The van der Waals surface area contributed by atoms with E-state index in [1.807, 2.05) is 68.4 Å². The molecule has 0 fully saturated rings. The summed E-state index contributed by atoms with van der Waals surface area (Å²) in [4.78, 5) is 28.9. The number of aromatic nitrogens is 1. The smallest absolute Gasteiger partial charge is 0.354 e. The van der Waals surface area contributed by atoms with Gasteiger partial charge in [0.15, 0.2) is 5.78 Å². The Balaban J connectivity index is 1.62. The number of H-pyrrole nitrogens is 1. The molecule has 1 aromatic heterocycles. The molecule has 0 aliphatic heterocycles. The number of rotatable bonds is 10. The van der Waals surface area contributed by atoms with Gasteiger partial charge in [0.25, 0.3) is 0 Å². The molecule has 7 heteroatoms. The average Bonchev–Trinajstić information content (AvgIpc) is 3.34. The van der Waals surface area contributed by atoms with Gasteiger partial charge in [0.2, 0.25) is 0 Å². The molecule has 0 aliphatic carbocycles. The molecule has 1 atom stereocenters. The maximum atomic E-state index is 13.8. The highest BCUT2D eigenvalue weighted by molar-refractivity contribution is 6.12. The molecule has 186 valence electrons. The molecular formula is C29H30N2O5. The first-order valence-corrected chi connectivity index (χ1v) is 12.0. The third-order valence-corrected chi connectivity index (χ3v) is 5.76.